The topological polar surface area (TPSA) is 78.9 Å². The van der Waals surface area contributed by atoms with Gasteiger partial charge in [0.25, 0.3) is 0 Å². The van der Waals surface area contributed by atoms with Gasteiger partial charge < -0.3 is 14.2 Å². The smallest absolute Gasteiger partial charge is 0.306 e. The Morgan fingerprint density at radius 3 is 0.871 bits per heavy atom. The van der Waals surface area contributed by atoms with Gasteiger partial charge in [-0.25, -0.2) is 0 Å². The molecular formula is C64H118O6. The van der Waals surface area contributed by atoms with Gasteiger partial charge in [-0.05, 0) is 51.4 Å². The summed E-state index contributed by atoms with van der Waals surface area (Å²) in [5.41, 5.74) is 0. The summed E-state index contributed by atoms with van der Waals surface area (Å²) in [6.45, 7) is 6.57. The molecule has 6 heteroatoms. The van der Waals surface area contributed by atoms with Gasteiger partial charge in [0.15, 0.2) is 6.10 Å². The van der Waals surface area contributed by atoms with Gasteiger partial charge in [0.1, 0.15) is 13.2 Å². The number of ether oxygens (including phenoxy) is 3. The molecular weight excluding hydrogens is 865 g/mol. The Bertz CT molecular complexity index is 1170. The minimum absolute atomic E-state index is 0.0740. The second-order valence-corrected chi connectivity index (χ2v) is 21.0. The molecule has 0 rings (SSSR count). The van der Waals surface area contributed by atoms with Crippen molar-refractivity contribution in [3.05, 3.63) is 36.5 Å². The molecule has 0 fully saturated rings. The number of carbonyl (C=O) groups excluding carboxylic acids is 3. The molecule has 0 saturated heterocycles. The molecule has 0 aromatic carbocycles. The van der Waals surface area contributed by atoms with Crippen LogP contribution in [0.15, 0.2) is 36.5 Å². The summed E-state index contributed by atoms with van der Waals surface area (Å²) in [6, 6.07) is 0. The van der Waals surface area contributed by atoms with E-state index < -0.39 is 6.10 Å². The molecule has 0 aromatic rings. The molecule has 70 heavy (non-hydrogen) atoms. The van der Waals surface area contributed by atoms with Crippen molar-refractivity contribution in [2.45, 2.75) is 341 Å². The molecule has 0 N–H and O–H groups in total. The summed E-state index contributed by atoms with van der Waals surface area (Å²) < 4.78 is 16.9. The largest absolute Gasteiger partial charge is 0.462 e. The predicted molar refractivity (Wildman–Crippen MR) is 302 cm³/mol. The van der Waals surface area contributed by atoms with E-state index in [0.29, 0.717) is 19.3 Å². The highest BCUT2D eigenvalue weighted by molar-refractivity contribution is 5.71. The quantitative estimate of drug-likeness (QED) is 0.0261. The molecule has 0 heterocycles. The third kappa shape index (κ3) is 56.5. The van der Waals surface area contributed by atoms with E-state index in [-0.39, 0.29) is 31.1 Å². The van der Waals surface area contributed by atoms with Gasteiger partial charge in [-0.1, -0.05) is 301 Å². The summed E-state index contributed by atoms with van der Waals surface area (Å²) in [7, 11) is 0. The molecule has 0 radical (unpaired) electrons. The maximum absolute atomic E-state index is 12.9. The average Bonchev–Trinajstić information content (AvgIpc) is 3.36. The second-order valence-electron chi connectivity index (χ2n) is 21.0. The Kier molecular flexibility index (Phi) is 57.2. The molecule has 6 nitrogen and oxygen atoms in total. The Morgan fingerprint density at radius 1 is 0.300 bits per heavy atom. The van der Waals surface area contributed by atoms with Crippen LogP contribution < -0.4 is 0 Å². The Balaban J connectivity index is 4.31. The second kappa shape index (κ2) is 59.2. The summed E-state index contributed by atoms with van der Waals surface area (Å²) in [5, 5.41) is 0. The lowest BCUT2D eigenvalue weighted by Crippen LogP contribution is -2.30. The maximum Gasteiger partial charge on any atom is 0.306 e. The third-order valence-electron chi connectivity index (χ3n) is 13.9. The number of hydrogen-bond acceptors (Lipinski definition) is 6. The van der Waals surface area contributed by atoms with Gasteiger partial charge in [-0.2, -0.15) is 0 Å². The first kappa shape index (κ1) is 67.6. The van der Waals surface area contributed by atoms with E-state index in [2.05, 4.69) is 57.2 Å². The van der Waals surface area contributed by atoms with Gasteiger partial charge in [0, 0.05) is 19.3 Å². The fraction of sp³-hybridized carbons (Fsp3) is 0.859. The first-order chi connectivity index (χ1) is 34.5. The van der Waals surface area contributed by atoms with E-state index in [1.165, 1.54) is 205 Å². The van der Waals surface area contributed by atoms with Crippen molar-refractivity contribution >= 4 is 17.9 Å². The SMILES string of the molecule is CC/C=C\C/C=C\C/C=C\CCCCCCC(=O)OCC(COC(=O)CCCCCCCCCCCCCCCCCCCCC)OC(=O)CCCCCCCCCCCCCCCCCCCCC. The van der Waals surface area contributed by atoms with Crippen LogP contribution in [0.25, 0.3) is 0 Å². The highest BCUT2D eigenvalue weighted by atomic mass is 16.6. The summed E-state index contributed by atoms with van der Waals surface area (Å²) in [5.74, 6) is -0.873. The van der Waals surface area contributed by atoms with Crippen LogP contribution in [0.3, 0.4) is 0 Å². The van der Waals surface area contributed by atoms with Crippen LogP contribution in [-0.4, -0.2) is 37.2 Å². The fourth-order valence-corrected chi connectivity index (χ4v) is 9.28. The summed E-state index contributed by atoms with van der Waals surface area (Å²) >= 11 is 0. The number of unbranched alkanes of at least 4 members (excludes halogenated alkanes) is 40. The highest BCUT2D eigenvalue weighted by Gasteiger charge is 2.19. The van der Waals surface area contributed by atoms with Gasteiger partial charge in [0.2, 0.25) is 0 Å². The van der Waals surface area contributed by atoms with Crippen molar-refractivity contribution in [2.75, 3.05) is 13.2 Å². The Morgan fingerprint density at radius 2 is 0.557 bits per heavy atom. The third-order valence-corrected chi connectivity index (χ3v) is 13.9. The first-order valence-corrected chi connectivity index (χ1v) is 31.0. The van der Waals surface area contributed by atoms with E-state index in [0.717, 1.165) is 89.9 Å². The van der Waals surface area contributed by atoms with Crippen LogP contribution in [0.4, 0.5) is 0 Å². The lowest BCUT2D eigenvalue weighted by Gasteiger charge is -2.18. The number of hydrogen-bond donors (Lipinski definition) is 0. The van der Waals surface area contributed by atoms with Gasteiger partial charge >= 0.3 is 17.9 Å². The van der Waals surface area contributed by atoms with Crippen molar-refractivity contribution < 1.29 is 28.6 Å². The zero-order valence-corrected chi connectivity index (χ0v) is 47.1. The number of rotatable bonds is 57. The van der Waals surface area contributed by atoms with E-state index in [9.17, 15) is 14.4 Å². The zero-order chi connectivity index (χ0) is 50.7. The molecule has 0 aliphatic heterocycles. The van der Waals surface area contributed by atoms with Crippen LogP contribution in [0.2, 0.25) is 0 Å². The number of esters is 3. The van der Waals surface area contributed by atoms with Crippen molar-refractivity contribution in [3.63, 3.8) is 0 Å². The van der Waals surface area contributed by atoms with Crippen LogP contribution >= 0.6 is 0 Å². The molecule has 0 spiro atoms. The maximum atomic E-state index is 12.9. The van der Waals surface area contributed by atoms with Crippen molar-refractivity contribution in [1.82, 2.24) is 0 Å². The molecule has 0 aliphatic carbocycles. The lowest BCUT2D eigenvalue weighted by molar-refractivity contribution is -0.167. The molecule has 0 aromatic heterocycles. The highest BCUT2D eigenvalue weighted by Crippen LogP contribution is 2.18. The van der Waals surface area contributed by atoms with E-state index in [4.69, 9.17) is 14.2 Å². The fourth-order valence-electron chi connectivity index (χ4n) is 9.28. The van der Waals surface area contributed by atoms with E-state index >= 15 is 0 Å². The summed E-state index contributed by atoms with van der Waals surface area (Å²) in [4.78, 5) is 38.2. The monoisotopic (exact) mass is 983 g/mol. The summed E-state index contributed by atoms with van der Waals surface area (Å²) in [6.07, 6.45) is 71.5. The van der Waals surface area contributed by atoms with Gasteiger partial charge in [0.05, 0.1) is 0 Å². The van der Waals surface area contributed by atoms with Crippen molar-refractivity contribution in [2.24, 2.45) is 0 Å². The van der Waals surface area contributed by atoms with Gasteiger partial charge in [-0.15, -0.1) is 0 Å². The minimum Gasteiger partial charge on any atom is -0.462 e. The first-order valence-electron chi connectivity index (χ1n) is 31.0. The molecule has 0 saturated carbocycles. The number of carbonyl (C=O) groups is 3. The molecule has 1 atom stereocenters. The van der Waals surface area contributed by atoms with Crippen LogP contribution in [0.5, 0.6) is 0 Å². The Hall–Kier alpha value is -2.37. The molecule has 0 bridgehead atoms. The zero-order valence-electron chi connectivity index (χ0n) is 47.1. The number of allylic oxidation sites excluding steroid dienone is 6. The van der Waals surface area contributed by atoms with Gasteiger partial charge in [-0.3, -0.25) is 14.4 Å². The molecule has 1 unspecified atom stereocenters. The van der Waals surface area contributed by atoms with E-state index in [1.807, 2.05) is 0 Å². The standard InChI is InChI=1S/C64H118O6/c1-4-7-10-13-16-19-22-25-28-30-32-34-36-39-42-45-48-51-54-57-63(66)69-60-61(59-68-62(65)56-53-50-47-44-41-38-27-24-21-18-15-12-9-6-3)70-64(67)58-55-52-49-46-43-40-37-35-33-31-29-26-23-20-17-14-11-8-5-2/h9,12,18,21,27,38,61H,4-8,10-11,13-17,19-20,22-26,28-37,39-60H2,1-3H3/b12-9-,21-18-,38-27-. The predicted octanol–water partition coefficient (Wildman–Crippen LogP) is 20.8. The van der Waals surface area contributed by atoms with Crippen molar-refractivity contribution in [3.8, 4) is 0 Å². The van der Waals surface area contributed by atoms with Crippen LogP contribution in [0, 0.1) is 0 Å². The molecule has 0 amide bonds. The normalized spacial score (nSPS) is 12.2. The molecule has 0 aliphatic rings. The lowest BCUT2D eigenvalue weighted by atomic mass is 10.0. The Labute approximate surface area is 435 Å². The van der Waals surface area contributed by atoms with Crippen molar-refractivity contribution in [1.29, 1.82) is 0 Å². The average molecular weight is 984 g/mol. The van der Waals surface area contributed by atoms with E-state index in [1.54, 1.807) is 0 Å². The molecule has 410 valence electrons. The van der Waals surface area contributed by atoms with Crippen LogP contribution in [0.1, 0.15) is 335 Å². The minimum atomic E-state index is -0.778. The van der Waals surface area contributed by atoms with Crippen LogP contribution in [-0.2, 0) is 28.6 Å².